The molecule has 0 radical (unpaired) electrons. The summed E-state index contributed by atoms with van der Waals surface area (Å²) in [4.78, 5) is 22.8. The summed E-state index contributed by atoms with van der Waals surface area (Å²) in [6, 6.07) is 5.36. The van der Waals surface area contributed by atoms with Crippen molar-refractivity contribution in [1.82, 2.24) is 14.9 Å². The fraction of sp³-hybridized carbons (Fsp3) is 0.409. The average molecular weight is 413 g/mol. The number of likely N-dealkylation sites (tertiary alicyclic amines) is 1. The number of hydrogen-bond donors (Lipinski definition) is 0. The molecule has 0 atom stereocenters. The lowest BCUT2D eigenvalue weighted by Gasteiger charge is -2.31. The Morgan fingerprint density at radius 1 is 1.10 bits per heavy atom. The number of rotatable bonds is 7. The van der Waals surface area contributed by atoms with E-state index in [4.69, 9.17) is 18.9 Å². The van der Waals surface area contributed by atoms with Crippen molar-refractivity contribution in [3.8, 4) is 23.1 Å². The van der Waals surface area contributed by atoms with E-state index in [1.54, 1.807) is 57.9 Å². The van der Waals surface area contributed by atoms with Gasteiger partial charge in [-0.05, 0) is 30.7 Å². The van der Waals surface area contributed by atoms with Crippen LogP contribution >= 0.6 is 0 Å². The topological polar surface area (TPSA) is 83.0 Å². The molecule has 0 aliphatic carbocycles. The Bertz CT molecular complexity index is 882. The van der Waals surface area contributed by atoms with E-state index in [1.807, 2.05) is 11.8 Å². The van der Waals surface area contributed by atoms with Gasteiger partial charge in [0.1, 0.15) is 11.9 Å². The highest BCUT2D eigenvalue weighted by Crippen LogP contribution is 2.38. The first-order chi connectivity index (χ1) is 14.5. The van der Waals surface area contributed by atoms with Crippen LogP contribution in [0.2, 0.25) is 0 Å². The molecule has 1 saturated heterocycles. The third kappa shape index (κ3) is 5.20. The van der Waals surface area contributed by atoms with Gasteiger partial charge in [-0.15, -0.1) is 0 Å². The summed E-state index contributed by atoms with van der Waals surface area (Å²) >= 11 is 0. The van der Waals surface area contributed by atoms with Gasteiger partial charge in [0.2, 0.25) is 17.5 Å². The second-order valence-corrected chi connectivity index (χ2v) is 6.88. The molecule has 1 fully saturated rings. The van der Waals surface area contributed by atoms with Crippen LogP contribution in [0.25, 0.3) is 6.08 Å². The molecule has 160 valence electrons. The molecular formula is C22H27N3O5. The maximum absolute atomic E-state index is 12.6. The number of benzene rings is 1. The van der Waals surface area contributed by atoms with Crippen molar-refractivity contribution in [3.63, 3.8) is 0 Å². The van der Waals surface area contributed by atoms with E-state index in [9.17, 15) is 4.79 Å². The number of amides is 1. The minimum Gasteiger partial charge on any atom is -0.493 e. The summed E-state index contributed by atoms with van der Waals surface area (Å²) in [6.45, 7) is 3.09. The van der Waals surface area contributed by atoms with Crippen LogP contribution < -0.4 is 18.9 Å². The van der Waals surface area contributed by atoms with Crippen LogP contribution in [0.5, 0.6) is 23.1 Å². The van der Waals surface area contributed by atoms with Gasteiger partial charge in [-0.1, -0.05) is 0 Å². The van der Waals surface area contributed by atoms with E-state index in [-0.39, 0.29) is 12.0 Å². The van der Waals surface area contributed by atoms with Crippen LogP contribution in [-0.2, 0) is 4.79 Å². The van der Waals surface area contributed by atoms with Crippen LogP contribution in [0.4, 0.5) is 0 Å². The first-order valence-corrected chi connectivity index (χ1v) is 9.77. The largest absolute Gasteiger partial charge is 0.493 e. The number of nitrogens with zero attached hydrogens (tertiary/aromatic N) is 3. The summed E-state index contributed by atoms with van der Waals surface area (Å²) in [5.41, 5.74) is 0.787. The highest BCUT2D eigenvalue weighted by molar-refractivity contribution is 5.92. The Hall–Kier alpha value is -3.29. The standard InChI is InChI=1S/C22H27N3O5/c1-15-23-10-7-20(24-15)30-17-8-11-25(12-9-17)21(26)6-5-16-13-18(27-2)22(29-4)19(14-16)28-3/h5-7,10,13-14,17H,8-9,11-12H2,1-4H3/b6-5+. The number of carbonyl (C=O) groups excluding carboxylic acids is 1. The Labute approximate surface area is 176 Å². The summed E-state index contributed by atoms with van der Waals surface area (Å²) in [6.07, 6.45) is 6.56. The van der Waals surface area contributed by atoms with Crippen LogP contribution in [-0.4, -0.2) is 61.3 Å². The highest BCUT2D eigenvalue weighted by Gasteiger charge is 2.23. The number of piperidine rings is 1. The van der Waals surface area contributed by atoms with E-state index >= 15 is 0 Å². The normalized spacial score (nSPS) is 14.6. The van der Waals surface area contributed by atoms with Gasteiger partial charge in [-0.3, -0.25) is 4.79 Å². The Morgan fingerprint density at radius 2 is 1.77 bits per heavy atom. The van der Waals surface area contributed by atoms with Gasteiger partial charge in [0, 0.05) is 44.3 Å². The molecule has 2 aromatic rings. The molecular weight excluding hydrogens is 386 g/mol. The lowest BCUT2D eigenvalue weighted by molar-refractivity contribution is -0.127. The van der Waals surface area contributed by atoms with Crippen molar-refractivity contribution in [2.45, 2.75) is 25.9 Å². The molecule has 0 bridgehead atoms. The molecule has 30 heavy (non-hydrogen) atoms. The average Bonchev–Trinajstić information content (AvgIpc) is 2.77. The van der Waals surface area contributed by atoms with Gasteiger partial charge in [-0.2, -0.15) is 4.98 Å². The SMILES string of the molecule is COc1cc(/C=C/C(=O)N2CCC(Oc3ccnc(C)n3)CC2)cc(OC)c1OC. The van der Waals surface area contributed by atoms with Crippen LogP contribution in [0.15, 0.2) is 30.5 Å². The molecule has 1 aliphatic rings. The number of aryl methyl sites for hydroxylation is 1. The summed E-state index contributed by atoms with van der Waals surface area (Å²) < 4.78 is 22.0. The predicted octanol–water partition coefficient (Wildman–Crippen LogP) is 2.89. The zero-order chi connectivity index (χ0) is 21.5. The monoisotopic (exact) mass is 413 g/mol. The van der Waals surface area contributed by atoms with E-state index in [0.29, 0.717) is 42.0 Å². The fourth-order valence-electron chi connectivity index (χ4n) is 3.34. The fourth-order valence-corrected chi connectivity index (χ4v) is 3.34. The van der Waals surface area contributed by atoms with Gasteiger partial charge >= 0.3 is 0 Å². The van der Waals surface area contributed by atoms with E-state index in [2.05, 4.69) is 9.97 Å². The number of hydrogen-bond acceptors (Lipinski definition) is 7. The molecule has 2 heterocycles. The Kier molecular flexibility index (Phi) is 7.11. The zero-order valence-corrected chi connectivity index (χ0v) is 17.8. The molecule has 0 spiro atoms. The lowest BCUT2D eigenvalue weighted by atomic mass is 10.1. The van der Waals surface area contributed by atoms with Crippen molar-refractivity contribution < 1.29 is 23.7 Å². The molecule has 1 aromatic heterocycles. The quantitative estimate of drug-likeness (QED) is 0.646. The van der Waals surface area contributed by atoms with Crippen molar-refractivity contribution in [2.75, 3.05) is 34.4 Å². The molecule has 8 heteroatoms. The molecule has 1 aromatic carbocycles. The first kappa shape index (κ1) is 21.4. The number of aromatic nitrogens is 2. The molecule has 1 aliphatic heterocycles. The van der Waals surface area contributed by atoms with E-state index in [1.165, 1.54) is 0 Å². The molecule has 0 unspecified atom stereocenters. The van der Waals surface area contributed by atoms with Crippen molar-refractivity contribution >= 4 is 12.0 Å². The number of ether oxygens (including phenoxy) is 4. The third-order valence-electron chi connectivity index (χ3n) is 4.90. The van der Waals surface area contributed by atoms with Gasteiger partial charge in [0.25, 0.3) is 0 Å². The molecule has 1 amide bonds. The van der Waals surface area contributed by atoms with Crippen LogP contribution in [0, 0.1) is 6.92 Å². The van der Waals surface area contributed by atoms with E-state index < -0.39 is 0 Å². The maximum atomic E-state index is 12.6. The Balaban J connectivity index is 1.58. The third-order valence-corrected chi connectivity index (χ3v) is 4.90. The predicted molar refractivity (Wildman–Crippen MR) is 112 cm³/mol. The van der Waals surface area contributed by atoms with Gasteiger partial charge < -0.3 is 23.8 Å². The zero-order valence-electron chi connectivity index (χ0n) is 17.8. The van der Waals surface area contributed by atoms with Crippen LogP contribution in [0.1, 0.15) is 24.2 Å². The highest BCUT2D eigenvalue weighted by atomic mass is 16.5. The smallest absolute Gasteiger partial charge is 0.246 e. The van der Waals surface area contributed by atoms with Gasteiger partial charge in [-0.25, -0.2) is 4.98 Å². The number of carbonyl (C=O) groups is 1. The minimum absolute atomic E-state index is 0.0416. The number of methoxy groups -OCH3 is 3. The first-order valence-electron chi connectivity index (χ1n) is 9.77. The minimum atomic E-state index is -0.0416. The van der Waals surface area contributed by atoms with Crippen LogP contribution in [0.3, 0.4) is 0 Å². The second-order valence-electron chi connectivity index (χ2n) is 6.88. The van der Waals surface area contributed by atoms with Gasteiger partial charge in [0.05, 0.1) is 21.3 Å². The molecule has 0 N–H and O–H groups in total. The molecule has 0 saturated carbocycles. The van der Waals surface area contributed by atoms with Crippen molar-refractivity contribution in [3.05, 3.63) is 41.9 Å². The van der Waals surface area contributed by atoms with E-state index in [0.717, 1.165) is 18.4 Å². The molecule has 8 nitrogen and oxygen atoms in total. The van der Waals surface area contributed by atoms with Crippen molar-refractivity contribution in [1.29, 1.82) is 0 Å². The van der Waals surface area contributed by atoms with Gasteiger partial charge in [0.15, 0.2) is 11.5 Å². The maximum Gasteiger partial charge on any atom is 0.246 e. The lowest BCUT2D eigenvalue weighted by Crippen LogP contribution is -2.41. The second kappa shape index (κ2) is 9.96. The molecule has 3 rings (SSSR count). The summed E-state index contributed by atoms with van der Waals surface area (Å²) in [5, 5.41) is 0. The van der Waals surface area contributed by atoms with Crippen molar-refractivity contribution in [2.24, 2.45) is 0 Å². The Morgan fingerprint density at radius 3 is 2.33 bits per heavy atom. The summed E-state index contributed by atoms with van der Waals surface area (Å²) in [7, 11) is 4.68. The summed E-state index contributed by atoms with van der Waals surface area (Å²) in [5.74, 6) is 2.82.